The van der Waals surface area contributed by atoms with Crippen LogP contribution in [0.3, 0.4) is 0 Å². The lowest BCUT2D eigenvalue weighted by atomic mass is 10.1. The molecule has 2 heterocycles. The number of rotatable bonds is 7. The van der Waals surface area contributed by atoms with Gasteiger partial charge in [-0.1, -0.05) is 35.5 Å². The Bertz CT molecular complexity index is 1030. The van der Waals surface area contributed by atoms with Crippen LogP contribution in [-0.2, 0) is 6.54 Å². The number of methoxy groups -OCH3 is 2. The Balaban J connectivity index is 1.41. The van der Waals surface area contributed by atoms with Crippen LogP contribution in [0.25, 0.3) is 11.3 Å². The first kappa shape index (κ1) is 20.9. The van der Waals surface area contributed by atoms with Gasteiger partial charge in [0.1, 0.15) is 17.1 Å². The highest BCUT2D eigenvalue weighted by molar-refractivity contribution is 6.00. The highest BCUT2D eigenvalue weighted by atomic mass is 16.5. The molecule has 1 aliphatic heterocycles. The topological polar surface area (TPSA) is 76.8 Å². The Hall–Kier alpha value is -3.32. The number of hydrogen-bond donors (Lipinski definition) is 1. The van der Waals surface area contributed by atoms with Crippen molar-refractivity contribution in [1.29, 1.82) is 0 Å². The lowest BCUT2D eigenvalue weighted by Crippen LogP contribution is -2.37. The molecule has 1 aromatic heterocycles. The molecule has 1 aliphatic rings. The predicted molar refractivity (Wildman–Crippen MR) is 117 cm³/mol. The van der Waals surface area contributed by atoms with E-state index in [1.165, 1.54) is 0 Å². The quantitative estimate of drug-likeness (QED) is 0.627. The van der Waals surface area contributed by atoms with Crippen molar-refractivity contribution in [2.45, 2.75) is 25.9 Å². The molecule has 31 heavy (non-hydrogen) atoms. The first-order valence-corrected chi connectivity index (χ1v) is 10.3. The second-order valence-corrected chi connectivity index (χ2v) is 7.75. The van der Waals surface area contributed by atoms with E-state index in [1.54, 1.807) is 21.1 Å². The van der Waals surface area contributed by atoms with Crippen molar-refractivity contribution >= 4 is 5.91 Å². The molecule has 1 saturated heterocycles. The fourth-order valence-electron chi connectivity index (χ4n) is 3.99. The van der Waals surface area contributed by atoms with Crippen molar-refractivity contribution in [3.63, 3.8) is 0 Å². The molecule has 7 heteroatoms. The summed E-state index contributed by atoms with van der Waals surface area (Å²) in [5.41, 5.74) is 3.05. The third kappa shape index (κ3) is 4.72. The summed E-state index contributed by atoms with van der Waals surface area (Å²) >= 11 is 0. The molecule has 4 rings (SSSR count). The van der Waals surface area contributed by atoms with E-state index in [-0.39, 0.29) is 11.9 Å². The van der Waals surface area contributed by atoms with Gasteiger partial charge in [-0.2, -0.15) is 0 Å². The van der Waals surface area contributed by atoms with Crippen molar-refractivity contribution in [1.82, 2.24) is 15.4 Å². The normalized spacial score (nSPS) is 16.3. The predicted octanol–water partition coefficient (Wildman–Crippen LogP) is 3.67. The zero-order valence-electron chi connectivity index (χ0n) is 18.1. The molecule has 0 spiro atoms. The molecular formula is C24H27N3O4. The SMILES string of the molecule is COc1cc(CN2CC[C@H](NC(=O)c3c(C)noc3-c3ccccc3)C2)cc(OC)c1. The van der Waals surface area contributed by atoms with Gasteiger partial charge >= 0.3 is 0 Å². The number of carbonyl (C=O) groups is 1. The molecule has 0 bridgehead atoms. The van der Waals surface area contributed by atoms with Gasteiger partial charge in [0.25, 0.3) is 5.91 Å². The maximum atomic E-state index is 13.0. The fourth-order valence-corrected chi connectivity index (χ4v) is 3.99. The van der Waals surface area contributed by atoms with Crippen LogP contribution in [0.5, 0.6) is 11.5 Å². The maximum Gasteiger partial charge on any atom is 0.257 e. The van der Waals surface area contributed by atoms with E-state index in [2.05, 4.69) is 15.4 Å². The Morgan fingerprint density at radius 2 is 1.87 bits per heavy atom. The number of nitrogens with zero attached hydrogens (tertiary/aromatic N) is 2. The van der Waals surface area contributed by atoms with Crippen LogP contribution >= 0.6 is 0 Å². The largest absolute Gasteiger partial charge is 0.497 e. The van der Waals surface area contributed by atoms with Gasteiger partial charge in [0.05, 0.1) is 19.9 Å². The molecule has 0 aliphatic carbocycles. The Kier molecular flexibility index (Phi) is 6.23. The molecule has 162 valence electrons. The summed E-state index contributed by atoms with van der Waals surface area (Å²) in [6.07, 6.45) is 0.887. The van der Waals surface area contributed by atoms with Crippen LogP contribution < -0.4 is 14.8 Å². The van der Waals surface area contributed by atoms with Gasteiger partial charge in [0, 0.05) is 37.3 Å². The Morgan fingerprint density at radius 3 is 2.55 bits per heavy atom. The number of nitrogens with one attached hydrogen (secondary N) is 1. The van der Waals surface area contributed by atoms with E-state index >= 15 is 0 Å². The highest BCUT2D eigenvalue weighted by Gasteiger charge is 2.28. The van der Waals surface area contributed by atoms with Crippen molar-refractivity contribution in [3.05, 3.63) is 65.4 Å². The van der Waals surface area contributed by atoms with Gasteiger partial charge in [-0.3, -0.25) is 9.69 Å². The molecule has 0 saturated carbocycles. The molecule has 0 unspecified atom stereocenters. The van der Waals surface area contributed by atoms with Crippen LogP contribution in [0.4, 0.5) is 0 Å². The van der Waals surface area contributed by atoms with Crippen LogP contribution in [0.1, 0.15) is 28.0 Å². The van der Waals surface area contributed by atoms with Crippen LogP contribution in [-0.4, -0.2) is 49.3 Å². The third-order valence-corrected chi connectivity index (χ3v) is 5.55. The summed E-state index contributed by atoms with van der Waals surface area (Å²) in [6.45, 7) is 4.23. The number of amides is 1. The third-order valence-electron chi connectivity index (χ3n) is 5.55. The summed E-state index contributed by atoms with van der Waals surface area (Å²) in [5, 5.41) is 7.19. The Labute approximate surface area is 181 Å². The van der Waals surface area contributed by atoms with Crippen molar-refractivity contribution < 1.29 is 18.8 Å². The number of aryl methyl sites for hydroxylation is 1. The summed E-state index contributed by atoms with van der Waals surface area (Å²) in [4.78, 5) is 15.4. The number of carbonyl (C=O) groups excluding carboxylic acids is 1. The van der Waals surface area contributed by atoms with Crippen molar-refractivity contribution in [2.24, 2.45) is 0 Å². The first-order chi connectivity index (χ1) is 15.1. The van der Waals surface area contributed by atoms with Gasteiger partial charge < -0.3 is 19.3 Å². The number of aromatic nitrogens is 1. The summed E-state index contributed by atoms with van der Waals surface area (Å²) in [6, 6.07) is 15.5. The molecule has 1 amide bonds. The minimum atomic E-state index is -0.146. The van der Waals surface area contributed by atoms with Gasteiger partial charge in [-0.15, -0.1) is 0 Å². The van der Waals surface area contributed by atoms with E-state index in [1.807, 2.05) is 48.5 Å². The minimum Gasteiger partial charge on any atom is -0.497 e. The molecular weight excluding hydrogens is 394 g/mol. The lowest BCUT2D eigenvalue weighted by Gasteiger charge is -2.18. The van der Waals surface area contributed by atoms with Gasteiger partial charge in [0.2, 0.25) is 0 Å². The molecule has 0 radical (unpaired) electrons. The molecule has 1 atom stereocenters. The molecule has 1 N–H and O–H groups in total. The number of hydrogen-bond acceptors (Lipinski definition) is 6. The number of benzene rings is 2. The summed E-state index contributed by atoms with van der Waals surface area (Å²) < 4.78 is 16.2. The van der Waals surface area contributed by atoms with Crippen molar-refractivity contribution in [2.75, 3.05) is 27.3 Å². The molecule has 7 nitrogen and oxygen atoms in total. The van der Waals surface area contributed by atoms with Crippen molar-refractivity contribution in [3.8, 4) is 22.8 Å². The second-order valence-electron chi connectivity index (χ2n) is 7.75. The Morgan fingerprint density at radius 1 is 1.16 bits per heavy atom. The zero-order valence-corrected chi connectivity index (χ0v) is 18.1. The van der Waals surface area contributed by atoms with Gasteiger partial charge in [0.15, 0.2) is 5.76 Å². The van der Waals surface area contributed by atoms with E-state index in [0.29, 0.717) is 17.0 Å². The zero-order chi connectivity index (χ0) is 21.8. The number of likely N-dealkylation sites (tertiary alicyclic amines) is 1. The average Bonchev–Trinajstić information content (AvgIpc) is 3.39. The highest BCUT2D eigenvalue weighted by Crippen LogP contribution is 2.27. The molecule has 1 fully saturated rings. The van der Waals surface area contributed by atoms with Gasteiger partial charge in [-0.25, -0.2) is 0 Å². The summed E-state index contributed by atoms with van der Waals surface area (Å²) in [7, 11) is 3.30. The minimum absolute atomic E-state index is 0.0675. The standard InChI is InChI=1S/C24H27N3O4/c1-16-22(23(31-26-16)18-7-5-4-6-8-18)24(28)25-19-9-10-27(15-19)14-17-11-20(29-2)13-21(12-17)30-3/h4-8,11-13,19H,9-10,14-15H2,1-3H3,(H,25,28)/t19-/m0/s1. The molecule has 3 aromatic rings. The van der Waals surface area contributed by atoms with Crippen LogP contribution in [0, 0.1) is 6.92 Å². The lowest BCUT2D eigenvalue weighted by molar-refractivity contribution is 0.0937. The number of ether oxygens (including phenoxy) is 2. The monoisotopic (exact) mass is 421 g/mol. The van der Waals surface area contributed by atoms with E-state index < -0.39 is 0 Å². The molecule has 2 aromatic carbocycles. The summed E-state index contributed by atoms with van der Waals surface area (Å²) in [5.74, 6) is 1.91. The van der Waals surface area contributed by atoms with Crippen LogP contribution in [0.15, 0.2) is 53.1 Å². The first-order valence-electron chi connectivity index (χ1n) is 10.3. The van der Waals surface area contributed by atoms with E-state index in [0.717, 1.165) is 48.7 Å². The van der Waals surface area contributed by atoms with E-state index in [9.17, 15) is 4.79 Å². The van der Waals surface area contributed by atoms with E-state index in [4.69, 9.17) is 14.0 Å². The second kappa shape index (κ2) is 9.22. The van der Waals surface area contributed by atoms with Gasteiger partial charge in [-0.05, 0) is 31.0 Å². The average molecular weight is 421 g/mol. The fraction of sp³-hybridized carbons (Fsp3) is 0.333. The van der Waals surface area contributed by atoms with Crippen LogP contribution in [0.2, 0.25) is 0 Å². The maximum absolute atomic E-state index is 13.0. The smallest absolute Gasteiger partial charge is 0.257 e.